The van der Waals surface area contributed by atoms with E-state index in [2.05, 4.69) is 36.4 Å². The quantitative estimate of drug-likeness (QED) is 0.144. The van der Waals surface area contributed by atoms with Gasteiger partial charge in [-0.2, -0.15) is 0 Å². The van der Waals surface area contributed by atoms with Gasteiger partial charge in [0.2, 0.25) is 0 Å². The van der Waals surface area contributed by atoms with Crippen molar-refractivity contribution < 1.29 is 54.1 Å². The van der Waals surface area contributed by atoms with Gasteiger partial charge < -0.3 is 65.6 Å². The van der Waals surface area contributed by atoms with Crippen LogP contribution in [0.15, 0.2) is 97.1 Å². The van der Waals surface area contributed by atoms with E-state index in [0.717, 1.165) is 28.0 Å². The number of nitrogens with two attached hydrogens (primary N) is 2. The first-order valence-corrected chi connectivity index (χ1v) is 35.5. The Morgan fingerprint density at radius 1 is 0.411 bits per heavy atom. The molecular formula is C33H44N2O13Si8. The molecule has 15 nitrogen and oxygen atoms in total. The SMILES string of the molecule is C[Si]12O[Si]3(C)O[Si]4(C)O[Si](C)(O1)O[Si]1(C)O[Si](C)(O2)O[Si](C)(O3)O[Si](c2ccc(COc3ccc(C(c5ccc(N)cc5)c5ccc(N)cc5)cc3)cc2)(O4)O1. The Labute approximate surface area is 334 Å². The van der Waals surface area contributed by atoms with Gasteiger partial charge in [0.1, 0.15) is 12.4 Å². The molecule has 6 heterocycles. The lowest BCUT2D eigenvalue weighted by Crippen LogP contribution is -2.87. The van der Waals surface area contributed by atoms with Crippen LogP contribution in [0.3, 0.4) is 0 Å². The third-order valence-corrected chi connectivity index (χ3v) is 45.2. The highest BCUT2D eigenvalue weighted by Crippen LogP contribution is 2.48. The fraction of sp³-hybridized carbons (Fsp3) is 0.273. The van der Waals surface area contributed by atoms with E-state index < -0.39 is 70.4 Å². The molecule has 23 heteroatoms. The molecule has 8 bridgehead atoms. The molecule has 4 aromatic carbocycles. The second kappa shape index (κ2) is 13.3. The monoisotopic (exact) mass is 900 g/mol. The van der Waals surface area contributed by atoms with Gasteiger partial charge in [0.15, 0.2) is 0 Å². The maximum absolute atomic E-state index is 7.01. The summed E-state index contributed by atoms with van der Waals surface area (Å²) in [4.78, 5) is 0. The Morgan fingerprint density at radius 3 is 1.05 bits per heavy atom. The van der Waals surface area contributed by atoms with Gasteiger partial charge in [0.25, 0.3) is 0 Å². The van der Waals surface area contributed by atoms with Crippen molar-refractivity contribution in [3.8, 4) is 5.75 Å². The van der Waals surface area contributed by atoms with E-state index in [1.807, 2.05) is 60.7 Å². The summed E-state index contributed by atoms with van der Waals surface area (Å²) in [6.45, 7) is 12.6. The molecule has 6 aliphatic rings. The minimum Gasteiger partial charge on any atom is -0.489 e. The molecule has 4 aromatic rings. The third-order valence-electron chi connectivity index (χ3n) is 9.76. The van der Waals surface area contributed by atoms with Gasteiger partial charge in [-0.3, -0.25) is 0 Å². The smallest absolute Gasteiger partial charge is 0.489 e. The van der Waals surface area contributed by atoms with E-state index in [-0.39, 0.29) is 5.92 Å². The second-order valence-corrected chi connectivity index (χ2v) is 38.7. The normalized spacial score (nSPS) is 38.7. The predicted molar refractivity (Wildman–Crippen MR) is 220 cm³/mol. The summed E-state index contributed by atoms with van der Waals surface area (Å²) in [5.74, 6) is 0.709. The third kappa shape index (κ3) is 7.49. The Hall–Kier alpha value is -2.46. The summed E-state index contributed by atoms with van der Waals surface area (Å²) in [5.41, 5.74) is 17.7. The molecule has 0 amide bonds. The molecule has 0 aliphatic carbocycles. The van der Waals surface area contributed by atoms with Crippen molar-refractivity contribution in [2.24, 2.45) is 0 Å². The lowest BCUT2D eigenvalue weighted by atomic mass is 9.85. The van der Waals surface area contributed by atoms with E-state index in [9.17, 15) is 0 Å². The van der Waals surface area contributed by atoms with E-state index >= 15 is 0 Å². The topological polar surface area (TPSA) is 172 Å². The molecule has 56 heavy (non-hydrogen) atoms. The first-order valence-electron chi connectivity index (χ1n) is 18.2. The van der Waals surface area contributed by atoms with Crippen molar-refractivity contribution in [1.29, 1.82) is 0 Å². The van der Waals surface area contributed by atoms with Crippen LogP contribution in [0.5, 0.6) is 5.75 Å². The highest BCUT2D eigenvalue weighted by Gasteiger charge is 2.79. The van der Waals surface area contributed by atoms with Crippen LogP contribution in [-0.2, 0) is 56.0 Å². The molecule has 0 unspecified atom stereocenters. The van der Waals surface area contributed by atoms with Gasteiger partial charge in [-0.1, -0.05) is 60.7 Å². The van der Waals surface area contributed by atoms with E-state index in [1.54, 1.807) is 45.8 Å². The second-order valence-electron chi connectivity index (χ2n) is 15.1. The molecule has 4 N–H and O–H groups in total. The fourth-order valence-electron chi connectivity index (χ4n) is 8.12. The average Bonchev–Trinajstić information content (AvgIpc) is 3.05. The minimum atomic E-state index is -4.06. The van der Waals surface area contributed by atoms with Crippen molar-refractivity contribution >= 4 is 87.0 Å². The molecule has 6 aliphatic heterocycles. The lowest BCUT2D eigenvalue weighted by Gasteiger charge is -2.60. The molecule has 6 saturated heterocycles. The van der Waals surface area contributed by atoms with Gasteiger partial charge in [-0.05, 0) is 58.7 Å². The number of benzene rings is 4. The molecular weight excluding hydrogens is 857 g/mol. The van der Waals surface area contributed by atoms with Crippen LogP contribution in [0.4, 0.5) is 11.4 Å². The highest BCUT2D eigenvalue weighted by atomic mass is 28.6. The standard InChI is InChI=1S/C33H44N2O13Si8/c1-49-37-50(2)40-53(5)42-51(3,38-49)44-55(7)45-52(4,39-49)43-54(6,41-50)47-56(46-53,48-55)32-22-8-25(9-23-32)24-36-31-20-14-28(15-21-31)33(26-10-16-29(34)17-11-26)27-12-18-30(35)19-13-27/h8-23,33H,24,34-35H2,1-7H3. The van der Waals surface area contributed by atoms with Crippen LogP contribution in [0.1, 0.15) is 28.2 Å². The zero-order valence-corrected chi connectivity index (χ0v) is 40.0. The molecule has 0 atom stereocenters. The van der Waals surface area contributed by atoms with Crippen LogP contribution in [0, 0.1) is 0 Å². The predicted octanol–water partition coefficient (Wildman–Crippen LogP) is 5.00. The zero-order valence-electron chi connectivity index (χ0n) is 32.0. The van der Waals surface area contributed by atoms with Crippen molar-refractivity contribution in [2.75, 3.05) is 11.5 Å². The maximum Gasteiger partial charge on any atom is 0.515 e. The Balaban J connectivity index is 0.994. The van der Waals surface area contributed by atoms with Gasteiger partial charge in [0.05, 0.1) is 0 Å². The summed E-state index contributed by atoms with van der Waals surface area (Å²) in [6.07, 6.45) is 0. The van der Waals surface area contributed by atoms with Gasteiger partial charge in [-0.25, -0.2) is 0 Å². The number of hydrogen-bond acceptors (Lipinski definition) is 15. The number of anilines is 2. The highest BCUT2D eigenvalue weighted by molar-refractivity contribution is 7.04. The van der Waals surface area contributed by atoms with Crippen LogP contribution in [0.2, 0.25) is 45.8 Å². The van der Waals surface area contributed by atoms with Crippen LogP contribution < -0.4 is 21.4 Å². The molecule has 0 spiro atoms. The molecule has 0 aromatic heterocycles. The van der Waals surface area contributed by atoms with E-state index in [4.69, 9.17) is 65.6 Å². The Bertz CT molecular complexity index is 1980. The average molecular weight is 901 g/mol. The van der Waals surface area contributed by atoms with Gasteiger partial charge >= 0.3 is 70.4 Å². The van der Waals surface area contributed by atoms with Gasteiger partial charge in [-0.15, -0.1) is 0 Å². The first-order chi connectivity index (χ1) is 26.3. The zero-order chi connectivity index (χ0) is 39.4. The largest absolute Gasteiger partial charge is 0.515 e. The maximum atomic E-state index is 7.01. The summed E-state index contributed by atoms with van der Waals surface area (Å²) in [6, 6.07) is 31.7. The fourth-order valence-corrected chi connectivity index (χ4v) is 53.2. The summed E-state index contributed by atoms with van der Waals surface area (Å²) in [7, 11) is -29.7. The van der Waals surface area contributed by atoms with Crippen LogP contribution >= 0.6 is 0 Å². The number of nitrogen functional groups attached to an aromatic ring is 2. The lowest BCUT2D eigenvalue weighted by molar-refractivity contribution is -0.0157. The Morgan fingerprint density at radius 2 is 0.714 bits per heavy atom. The van der Waals surface area contributed by atoms with E-state index in [0.29, 0.717) is 23.2 Å². The molecule has 0 saturated carbocycles. The molecule has 6 fully saturated rings. The van der Waals surface area contributed by atoms with Crippen LogP contribution in [-0.4, -0.2) is 70.4 Å². The van der Waals surface area contributed by atoms with Crippen molar-refractivity contribution in [3.63, 3.8) is 0 Å². The Kier molecular flexibility index (Phi) is 9.25. The van der Waals surface area contributed by atoms with Crippen molar-refractivity contribution in [2.45, 2.75) is 58.4 Å². The van der Waals surface area contributed by atoms with Crippen molar-refractivity contribution in [1.82, 2.24) is 0 Å². The van der Waals surface area contributed by atoms with Crippen molar-refractivity contribution in [3.05, 3.63) is 119 Å². The molecule has 10 rings (SSSR count). The minimum absolute atomic E-state index is 0.0133. The summed E-state index contributed by atoms with van der Waals surface area (Å²) in [5, 5.41) is 0.627. The molecule has 0 radical (unpaired) electrons. The first kappa shape index (κ1) is 39.0. The van der Waals surface area contributed by atoms with Crippen LogP contribution in [0.25, 0.3) is 0 Å². The summed E-state index contributed by atoms with van der Waals surface area (Å²) < 4.78 is 87.6. The number of hydrogen-bond donors (Lipinski definition) is 2. The summed E-state index contributed by atoms with van der Waals surface area (Å²) >= 11 is 0. The number of ether oxygens (including phenoxy) is 1. The number of rotatable bonds is 7. The molecule has 296 valence electrons. The van der Waals surface area contributed by atoms with E-state index in [1.165, 1.54) is 0 Å². The van der Waals surface area contributed by atoms with Gasteiger partial charge in [0, 0.05) is 68.3 Å².